The molecule has 34 heavy (non-hydrogen) atoms. The van der Waals surface area contributed by atoms with E-state index in [4.69, 9.17) is 18.9 Å². The Bertz CT molecular complexity index is 1070. The van der Waals surface area contributed by atoms with Gasteiger partial charge in [0.15, 0.2) is 23.0 Å². The van der Waals surface area contributed by atoms with Gasteiger partial charge in [0, 0.05) is 12.1 Å². The molecule has 3 aromatic rings. The Kier molecular flexibility index (Phi) is 11.5. The van der Waals surface area contributed by atoms with Crippen LogP contribution < -0.4 is 24.3 Å². The molecule has 0 heterocycles. The van der Waals surface area contributed by atoms with Gasteiger partial charge in [-0.15, -0.1) is 12.4 Å². The lowest BCUT2D eigenvalue weighted by Crippen LogP contribution is -2.17. The number of ether oxygens (including phenoxy) is 4. The number of benzene rings is 3. The van der Waals surface area contributed by atoms with Crippen molar-refractivity contribution in [3.63, 3.8) is 0 Å². The molecule has 0 bridgehead atoms. The summed E-state index contributed by atoms with van der Waals surface area (Å²) in [6.07, 6.45) is 0.851. The number of hydrogen-bond acceptors (Lipinski definition) is 5. The molecule has 0 saturated heterocycles. The third-order valence-electron chi connectivity index (χ3n) is 5.07. The van der Waals surface area contributed by atoms with E-state index in [-0.39, 0.29) is 24.8 Å². The van der Waals surface area contributed by atoms with E-state index in [1.807, 2.05) is 37.3 Å². The summed E-state index contributed by atoms with van der Waals surface area (Å²) in [5.74, 6) is 2.35. The summed E-state index contributed by atoms with van der Waals surface area (Å²) in [6.45, 7) is 4.00. The average molecular weight is 555 g/mol. The Labute approximate surface area is 215 Å². The topological polar surface area (TPSA) is 49.0 Å². The Morgan fingerprint density at radius 1 is 0.882 bits per heavy atom. The van der Waals surface area contributed by atoms with Crippen LogP contribution in [-0.4, -0.2) is 27.4 Å². The molecule has 3 rings (SSSR count). The largest absolute Gasteiger partial charge is 0.493 e. The van der Waals surface area contributed by atoms with Crippen LogP contribution in [0.1, 0.15) is 23.6 Å². The molecule has 184 valence electrons. The molecule has 3 aromatic carbocycles. The van der Waals surface area contributed by atoms with E-state index >= 15 is 0 Å². The minimum Gasteiger partial charge on any atom is -0.493 e. The van der Waals surface area contributed by atoms with Gasteiger partial charge in [-0.3, -0.25) is 0 Å². The Balaban J connectivity index is 0.00000408. The molecule has 0 aliphatic heterocycles. The smallest absolute Gasteiger partial charge is 0.175 e. The molecule has 8 heteroatoms. The first-order chi connectivity index (χ1) is 16.0. The molecule has 0 aliphatic rings. The molecule has 0 radical (unpaired) electrons. The summed E-state index contributed by atoms with van der Waals surface area (Å²) in [6, 6.07) is 16.5. The summed E-state index contributed by atoms with van der Waals surface area (Å²) < 4.78 is 37.1. The van der Waals surface area contributed by atoms with E-state index < -0.39 is 0 Å². The lowest BCUT2D eigenvalue weighted by Gasteiger charge is -2.16. The fourth-order valence-corrected chi connectivity index (χ4v) is 4.00. The maximum atomic E-state index is 13.9. The van der Waals surface area contributed by atoms with Crippen LogP contribution in [0.15, 0.2) is 59.1 Å². The summed E-state index contributed by atoms with van der Waals surface area (Å²) >= 11 is 3.58. The molecule has 0 aromatic heterocycles. The van der Waals surface area contributed by atoms with Gasteiger partial charge in [0.2, 0.25) is 0 Å². The van der Waals surface area contributed by atoms with E-state index in [9.17, 15) is 4.39 Å². The second-order valence-corrected chi connectivity index (χ2v) is 8.19. The maximum Gasteiger partial charge on any atom is 0.175 e. The van der Waals surface area contributed by atoms with Gasteiger partial charge < -0.3 is 24.3 Å². The average Bonchev–Trinajstić information content (AvgIpc) is 2.82. The Hall–Kier alpha value is -2.48. The van der Waals surface area contributed by atoms with Gasteiger partial charge in [0.1, 0.15) is 12.4 Å². The van der Waals surface area contributed by atoms with Gasteiger partial charge >= 0.3 is 0 Å². The fourth-order valence-electron chi connectivity index (χ4n) is 3.39. The highest BCUT2D eigenvalue weighted by molar-refractivity contribution is 9.10. The monoisotopic (exact) mass is 553 g/mol. The molecular formula is C26H30BrClFNO4. The molecule has 0 amide bonds. The standard InChI is InChI=1S/C26H29BrFNO4.ClH/c1-4-32-25-15-19(13-21(27)26(25)33-17-20-7-5-6-8-22(20)28)16-29-12-11-18-9-10-23(30-2)24(14-18)31-3;/h5-10,13-15,29H,4,11-12,16-17H2,1-3H3;1H. The van der Waals surface area contributed by atoms with Crippen LogP contribution in [0.4, 0.5) is 4.39 Å². The van der Waals surface area contributed by atoms with Crippen molar-refractivity contribution in [1.29, 1.82) is 0 Å². The Morgan fingerprint density at radius 3 is 2.32 bits per heavy atom. The zero-order valence-electron chi connectivity index (χ0n) is 19.5. The number of hydrogen-bond donors (Lipinski definition) is 1. The zero-order chi connectivity index (χ0) is 23.6. The van der Waals surface area contributed by atoms with Crippen molar-refractivity contribution < 1.29 is 23.3 Å². The van der Waals surface area contributed by atoms with Crippen molar-refractivity contribution >= 4 is 28.3 Å². The highest BCUT2D eigenvalue weighted by Crippen LogP contribution is 2.37. The van der Waals surface area contributed by atoms with E-state index in [0.29, 0.717) is 30.2 Å². The molecule has 0 saturated carbocycles. The van der Waals surface area contributed by atoms with Gasteiger partial charge in [-0.05, 0) is 77.3 Å². The van der Waals surface area contributed by atoms with Gasteiger partial charge in [0.25, 0.3) is 0 Å². The lowest BCUT2D eigenvalue weighted by atomic mass is 10.1. The van der Waals surface area contributed by atoms with Crippen molar-refractivity contribution in [2.75, 3.05) is 27.4 Å². The van der Waals surface area contributed by atoms with E-state index in [0.717, 1.165) is 40.1 Å². The van der Waals surface area contributed by atoms with Crippen molar-refractivity contribution in [3.05, 3.63) is 81.6 Å². The van der Waals surface area contributed by atoms with Crippen LogP contribution in [0.3, 0.4) is 0 Å². The second kappa shape index (κ2) is 14.0. The zero-order valence-corrected chi connectivity index (χ0v) is 21.9. The van der Waals surface area contributed by atoms with E-state index in [1.165, 1.54) is 6.07 Å². The van der Waals surface area contributed by atoms with Crippen LogP contribution in [0, 0.1) is 5.82 Å². The minimum absolute atomic E-state index is 0. The number of methoxy groups -OCH3 is 2. The maximum absolute atomic E-state index is 13.9. The van der Waals surface area contributed by atoms with Crippen LogP contribution in [0.25, 0.3) is 0 Å². The molecule has 0 atom stereocenters. The lowest BCUT2D eigenvalue weighted by molar-refractivity contribution is 0.264. The summed E-state index contributed by atoms with van der Waals surface area (Å²) in [5.41, 5.74) is 2.71. The molecular weight excluding hydrogens is 525 g/mol. The summed E-state index contributed by atoms with van der Waals surface area (Å²) in [5, 5.41) is 3.46. The third-order valence-corrected chi connectivity index (χ3v) is 5.66. The molecule has 0 aliphatic carbocycles. The minimum atomic E-state index is -0.290. The molecule has 0 unspecified atom stereocenters. The Morgan fingerprint density at radius 2 is 1.62 bits per heavy atom. The molecule has 1 N–H and O–H groups in total. The predicted octanol–water partition coefficient (Wildman–Crippen LogP) is 6.34. The van der Waals surface area contributed by atoms with Crippen molar-refractivity contribution in [3.8, 4) is 23.0 Å². The first-order valence-electron chi connectivity index (χ1n) is 10.8. The van der Waals surface area contributed by atoms with Crippen molar-refractivity contribution in [2.24, 2.45) is 0 Å². The first-order valence-corrected chi connectivity index (χ1v) is 11.6. The molecule has 0 fully saturated rings. The fraction of sp³-hybridized carbons (Fsp3) is 0.308. The number of nitrogens with one attached hydrogen (secondary N) is 1. The third kappa shape index (κ3) is 7.52. The highest BCUT2D eigenvalue weighted by atomic mass is 79.9. The van der Waals surface area contributed by atoms with Gasteiger partial charge in [0.05, 0.1) is 25.3 Å². The number of rotatable bonds is 12. The quantitative estimate of drug-likeness (QED) is 0.265. The SMILES string of the molecule is CCOc1cc(CNCCc2ccc(OC)c(OC)c2)cc(Br)c1OCc1ccccc1F.Cl. The van der Waals surface area contributed by atoms with E-state index in [1.54, 1.807) is 32.4 Å². The van der Waals surface area contributed by atoms with Crippen molar-refractivity contribution in [1.82, 2.24) is 5.32 Å². The normalized spacial score (nSPS) is 10.4. The van der Waals surface area contributed by atoms with Crippen LogP contribution >= 0.6 is 28.3 Å². The van der Waals surface area contributed by atoms with Crippen molar-refractivity contribution in [2.45, 2.75) is 26.5 Å². The highest BCUT2D eigenvalue weighted by Gasteiger charge is 2.14. The summed E-state index contributed by atoms with van der Waals surface area (Å²) in [4.78, 5) is 0. The van der Waals surface area contributed by atoms with Gasteiger partial charge in [-0.25, -0.2) is 4.39 Å². The van der Waals surface area contributed by atoms with Gasteiger partial charge in [-0.1, -0.05) is 24.3 Å². The second-order valence-electron chi connectivity index (χ2n) is 7.33. The molecule has 0 spiro atoms. The number of halogens is 3. The predicted molar refractivity (Wildman–Crippen MR) is 138 cm³/mol. The van der Waals surface area contributed by atoms with E-state index in [2.05, 4.69) is 21.2 Å². The first kappa shape index (κ1) is 27.8. The van der Waals surface area contributed by atoms with Crippen LogP contribution in [-0.2, 0) is 19.6 Å². The van der Waals surface area contributed by atoms with Crippen LogP contribution in [0.5, 0.6) is 23.0 Å². The van der Waals surface area contributed by atoms with Crippen LogP contribution in [0.2, 0.25) is 0 Å². The summed E-state index contributed by atoms with van der Waals surface area (Å²) in [7, 11) is 3.27. The molecule has 5 nitrogen and oxygen atoms in total. The van der Waals surface area contributed by atoms with Gasteiger partial charge in [-0.2, -0.15) is 0 Å².